The molecular weight excluding hydrogens is 352 g/mol. The molecule has 0 bridgehead atoms. The van der Waals surface area contributed by atoms with Crippen LogP contribution in [0.3, 0.4) is 0 Å². The molecule has 0 saturated carbocycles. The second-order valence-electron chi connectivity index (χ2n) is 3.97. The van der Waals surface area contributed by atoms with Gasteiger partial charge in [0.15, 0.2) is 0 Å². The minimum atomic E-state index is -0.176. The van der Waals surface area contributed by atoms with Gasteiger partial charge in [-0.05, 0) is 40.2 Å². The number of rotatable bonds is 3. The van der Waals surface area contributed by atoms with Gasteiger partial charge in [-0.25, -0.2) is 0 Å². The standard InChI is InChI=1S/C15H13BrN2O2S/c1-20-13-9-10(4-6-12(13)16)18-15(19)14-7-5-11(21-14)3-2-8-17/h4-7,9H,8,17H2,1H3,(H,18,19). The molecule has 6 heteroatoms. The normalized spacial score (nSPS) is 9.67. The van der Waals surface area contributed by atoms with Crippen molar-refractivity contribution in [3.05, 3.63) is 44.6 Å². The average Bonchev–Trinajstić information content (AvgIpc) is 2.96. The van der Waals surface area contributed by atoms with Crippen molar-refractivity contribution in [3.8, 4) is 17.6 Å². The van der Waals surface area contributed by atoms with E-state index in [-0.39, 0.29) is 5.91 Å². The third-order valence-corrected chi connectivity index (χ3v) is 4.21. The summed E-state index contributed by atoms with van der Waals surface area (Å²) in [5, 5.41) is 2.83. The molecule has 3 N–H and O–H groups in total. The predicted octanol–water partition coefficient (Wildman–Crippen LogP) is 3.08. The Morgan fingerprint density at radius 1 is 1.43 bits per heavy atom. The number of thiophene rings is 1. The minimum absolute atomic E-state index is 0.176. The quantitative estimate of drug-likeness (QED) is 0.822. The topological polar surface area (TPSA) is 64.3 Å². The van der Waals surface area contributed by atoms with Gasteiger partial charge >= 0.3 is 0 Å². The zero-order chi connectivity index (χ0) is 15.2. The minimum Gasteiger partial charge on any atom is -0.495 e. The number of benzene rings is 1. The number of halogens is 1. The van der Waals surface area contributed by atoms with Crippen molar-refractivity contribution in [2.75, 3.05) is 19.0 Å². The van der Waals surface area contributed by atoms with E-state index in [2.05, 4.69) is 33.1 Å². The van der Waals surface area contributed by atoms with Crippen LogP contribution in [-0.4, -0.2) is 19.6 Å². The highest BCUT2D eigenvalue weighted by Gasteiger charge is 2.10. The van der Waals surface area contributed by atoms with Gasteiger partial charge in [-0.15, -0.1) is 11.3 Å². The summed E-state index contributed by atoms with van der Waals surface area (Å²) in [6.45, 7) is 0.304. The maximum Gasteiger partial charge on any atom is 0.265 e. The maximum absolute atomic E-state index is 12.2. The monoisotopic (exact) mass is 364 g/mol. The highest BCUT2D eigenvalue weighted by atomic mass is 79.9. The number of carbonyl (C=O) groups is 1. The molecule has 1 heterocycles. The average molecular weight is 365 g/mol. The van der Waals surface area contributed by atoms with Crippen LogP contribution in [0.4, 0.5) is 5.69 Å². The Balaban J connectivity index is 2.12. The molecule has 1 amide bonds. The van der Waals surface area contributed by atoms with Crippen LogP contribution in [-0.2, 0) is 0 Å². The van der Waals surface area contributed by atoms with E-state index in [0.717, 1.165) is 9.35 Å². The summed E-state index contributed by atoms with van der Waals surface area (Å²) in [6.07, 6.45) is 0. The molecule has 4 nitrogen and oxygen atoms in total. The molecule has 0 radical (unpaired) electrons. The van der Waals surface area contributed by atoms with E-state index in [9.17, 15) is 4.79 Å². The second kappa shape index (κ2) is 7.27. The predicted molar refractivity (Wildman–Crippen MR) is 88.9 cm³/mol. The fourth-order valence-electron chi connectivity index (χ4n) is 1.60. The maximum atomic E-state index is 12.2. The first-order valence-electron chi connectivity index (χ1n) is 6.07. The molecule has 0 aliphatic rings. The van der Waals surface area contributed by atoms with E-state index in [1.807, 2.05) is 12.1 Å². The first-order valence-corrected chi connectivity index (χ1v) is 7.68. The van der Waals surface area contributed by atoms with Crippen LogP contribution in [0.2, 0.25) is 0 Å². The number of methoxy groups -OCH3 is 1. The van der Waals surface area contributed by atoms with E-state index >= 15 is 0 Å². The van der Waals surface area contributed by atoms with E-state index < -0.39 is 0 Å². The molecule has 0 aliphatic heterocycles. The van der Waals surface area contributed by atoms with Crippen molar-refractivity contribution in [2.45, 2.75) is 0 Å². The van der Waals surface area contributed by atoms with Crippen LogP contribution in [0.5, 0.6) is 5.75 Å². The number of anilines is 1. The van der Waals surface area contributed by atoms with Gasteiger partial charge in [-0.3, -0.25) is 4.79 Å². The lowest BCUT2D eigenvalue weighted by Gasteiger charge is -2.07. The third kappa shape index (κ3) is 4.08. The molecule has 1 aromatic carbocycles. The number of nitrogens with two attached hydrogens (primary N) is 1. The fourth-order valence-corrected chi connectivity index (χ4v) is 2.78. The van der Waals surface area contributed by atoms with Gasteiger partial charge in [0.25, 0.3) is 5.91 Å². The molecule has 0 aliphatic carbocycles. The Hall–Kier alpha value is -1.81. The van der Waals surface area contributed by atoms with E-state index in [1.54, 1.807) is 25.3 Å². The van der Waals surface area contributed by atoms with Gasteiger partial charge in [-0.1, -0.05) is 11.8 Å². The highest BCUT2D eigenvalue weighted by Crippen LogP contribution is 2.28. The van der Waals surface area contributed by atoms with Gasteiger partial charge in [-0.2, -0.15) is 0 Å². The first-order chi connectivity index (χ1) is 10.1. The van der Waals surface area contributed by atoms with Crippen LogP contribution in [0.25, 0.3) is 0 Å². The second-order valence-corrected chi connectivity index (χ2v) is 5.91. The van der Waals surface area contributed by atoms with Crippen LogP contribution >= 0.6 is 27.3 Å². The number of amides is 1. The number of hydrogen-bond donors (Lipinski definition) is 2. The van der Waals surface area contributed by atoms with Gasteiger partial charge in [0.05, 0.1) is 27.9 Å². The first kappa shape index (κ1) is 15.6. The zero-order valence-corrected chi connectivity index (χ0v) is 13.7. The Kier molecular flexibility index (Phi) is 5.39. The number of carbonyl (C=O) groups excluding carboxylic acids is 1. The molecule has 108 valence electrons. The molecule has 0 atom stereocenters. The molecule has 0 saturated heterocycles. The van der Waals surface area contributed by atoms with Crippen molar-refractivity contribution >= 4 is 38.9 Å². The van der Waals surface area contributed by atoms with Crippen molar-refractivity contribution in [2.24, 2.45) is 5.73 Å². The number of ether oxygens (including phenoxy) is 1. The summed E-state index contributed by atoms with van der Waals surface area (Å²) in [5.74, 6) is 6.15. The van der Waals surface area contributed by atoms with E-state index in [0.29, 0.717) is 22.9 Å². The summed E-state index contributed by atoms with van der Waals surface area (Å²) < 4.78 is 6.03. The van der Waals surface area contributed by atoms with Crippen LogP contribution in [0.15, 0.2) is 34.8 Å². The van der Waals surface area contributed by atoms with Crippen molar-refractivity contribution in [1.82, 2.24) is 0 Å². The molecule has 1 aromatic heterocycles. The smallest absolute Gasteiger partial charge is 0.265 e. The Morgan fingerprint density at radius 3 is 2.95 bits per heavy atom. The summed E-state index contributed by atoms with van der Waals surface area (Å²) in [4.78, 5) is 13.6. The molecular formula is C15H13BrN2O2S. The van der Waals surface area contributed by atoms with E-state index in [4.69, 9.17) is 10.5 Å². The number of nitrogens with one attached hydrogen (secondary N) is 1. The van der Waals surface area contributed by atoms with Gasteiger partial charge in [0.1, 0.15) is 5.75 Å². The molecule has 2 rings (SSSR count). The van der Waals surface area contributed by atoms with Crippen molar-refractivity contribution in [1.29, 1.82) is 0 Å². The Labute approximate surface area is 135 Å². The van der Waals surface area contributed by atoms with Crippen molar-refractivity contribution in [3.63, 3.8) is 0 Å². The van der Waals surface area contributed by atoms with E-state index in [1.165, 1.54) is 11.3 Å². The Morgan fingerprint density at radius 2 is 2.24 bits per heavy atom. The number of hydrogen-bond acceptors (Lipinski definition) is 4. The molecule has 2 aromatic rings. The lowest BCUT2D eigenvalue weighted by molar-refractivity contribution is 0.103. The summed E-state index contributed by atoms with van der Waals surface area (Å²) in [5.41, 5.74) is 5.99. The summed E-state index contributed by atoms with van der Waals surface area (Å²) in [6, 6.07) is 8.93. The zero-order valence-electron chi connectivity index (χ0n) is 11.3. The van der Waals surface area contributed by atoms with Crippen molar-refractivity contribution < 1.29 is 9.53 Å². The Bertz CT molecular complexity index is 716. The van der Waals surface area contributed by atoms with Crippen LogP contribution in [0.1, 0.15) is 14.5 Å². The lowest BCUT2D eigenvalue weighted by Crippen LogP contribution is -2.10. The molecule has 0 unspecified atom stereocenters. The third-order valence-electron chi connectivity index (χ3n) is 2.55. The summed E-state index contributed by atoms with van der Waals surface area (Å²) in [7, 11) is 1.58. The lowest BCUT2D eigenvalue weighted by atomic mass is 10.3. The SMILES string of the molecule is COc1cc(NC(=O)c2ccc(C#CCN)s2)ccc1Br. The highest BCUT2D eigenvalue weighted by molar-refractivity contribution is 9.10. The largest absolute Gasteiger partial charge is 0.495 e. The molecule has 0 fully saturated rings. The van der Waals surface area contributed by atoms with Gasteiger partial charge < -0.3 is 15.8 Å². The molecule has 21 heavy (non-hydrogen) atoms. The van der Waals surface area contributed by atoms with Crippen LogP contribution in [0, 0.1) is 11.8 Å². The van der Waals surface area contributed by atoms with Gasteiger partial charge in [0, 0.05) is 11.8 Å². The fraction of sp³-hybridized carbons (Fsp3) is 0.133. The molecule has 0 spiro atoms. The van der Waals surface area contributed by atoms with Gasteiger partial charge in [0.2, 0.25) is 0 Å². The summed E-state index contributed by atoms with van der Waals surface area (Å²) >= 11 is 4.70. The van der Waals surface area contributed by atoms with Crippen LogP contribution < -0.4 is 15.8 Å².